The van der Waals surface area contributed by atoms with Crippen molar-refractivity contribution in [3.05, 3.63) is 83.9 Å². The summed E-state index contributed by atoms with van der Waals surface area (Å²) in [6, 6.07) is 22.9. The van der Waals surface area contributed by atoms with E-state index in [1.54, 1.807) is 7.11 Å². The molecule has 0 aromatic heterocycles. The summed E-state index contributed by atoms with van der Waals surface area (Å²) in [4.78, 5) is 12.8. The number of amides is 1. The number of rotatable bonds is 9. The molecule has 0 aliphatic heterocycles. The summed E-state index contributed by atoms with van der Waals surface area (Å²) < 4.78 is 11.1. The number of carbonyl (C=O) groups is 1. The van der Waals surface area contributed by atoms with Crippen molar-refractivity contribution in [2.75, 3.05) is 19.0 Å². The van der Waals surface area contributed by atoms with Crippen LogP contribution in [0.15, 0.2) is 72.8 Å². The number of hydrogen-bond acceptors (Lipinski definition) is 4. The third-order valence-electron chi connectivity index (χ3n) is 4.37. The molecule has 0 spiro atoms. The number of methoxy groups -OCH3 is 1. The molecule has 0 heterocycles. The van der Waals surface area contributed by atoms with Crippen molar-refractivity contribution in [1.82, 2.24) is 5.32 Å². The predicted molar refractivity (Wildman–Crippen MR) is 116 cm³/mol. The fourth-order valence-corrected chi connectivity index (χ4v) is 2.90. The molecule has 5 nitrogen and oxygen atoms in total. The Labute approximate surface area is 171 Å². The zero-order chi connectivity index (χ0) is 20.5. The minimum atomic E-state index is -0.144. The van der Waals surface area contributed by atoms with Crippen LogP contribution >= 0.6 is 0 Å². The Hall–Kier alpha value is -3.47. The quantitative estimate of drug-likeness (QED) is 0.530. The fraction of sp³-hybridized carbons (Fsp3) is 0.208. The summed E-state index contributed by atoms with van der Waals surface area (Å²) >= 11 is 0. The van der Waals surface area contributed by atoms with E-state index in [0.29, 0.717) is 30.2 Å². The second-order valence-electron chi connectivity index (χ2n) is 6.55. The van der Waals surface area contributed by atoms with Crippen molar-refractivity contribution in [3.8, 4) is 11.5 Å². The minimum absolute atomic E-state index is 0.144. The van der Waals surface area contributed by atoms with Gasteiger partial charge >= 0.3 is 0 Å². The van der Waals surface area contributed by atoms with Gasteiger partial charge in [-0.3, -0.25) is 4.79 Å². The smallest absolute Gasteiger partial charge is 0.253 e. The monoisotopic (exact) mass is 390 g/mol. The number of carbonyl (C=O) groups excluding carboxylic acids is 1. The Morgan fingerprint density at radius 2 is 1.69 bits per heavy atom. The van der Waals surface area contributed by atoms with Crippen LogP contribution in [-0.2, 0) is 6.54 Å². The van der Waals surface area contributed by atoms with E-state index < -0.39 is 0 Å². The van der Waals surface area contributed by atoms with Crippen LogP contribution in [0.3, 0.4) is 0 Å². The highest BCUT2D eigenvalue weighted by atomic mass is 16.5. The predicted octanol–water partition coefficient (Wildman–Crippen LogP) is 5.16. The molecule has 2 N–H and O–H groups in total. The van der Waals surface area contributed by atoms with Crippen LogP contribution in [0.1, 0.15) is 29.3 Å². The SMILES string of the molecule is CCCOc1ccc(CNC(=O)c2ccccc2Nc2ccccc2)cc1OC. The van der Waals surface area contributed by atoms with Crippen LogP contribution in [0, 0.1) is 0 Å². The van der Waals surface area contributed by atoms with Gasteiger partial charge in [0.25, 0.3) is 5.91 Å². The van der Waals surface area contributed by atoms with Crippen molar-refractivity contribution in [3.63, 3.8) is 0 Å². The van der Waals surface area contributed by atoms with Crippen molar-refractivity contribution in [1.29, 1.82) is 0 Å². The molecule has 0 bridgehead atoms. The van der Waals surface area contributed by atoms with Gasteiger partial charge in [0.05, 0.1) is 25.0 Å². The molecular weight excluding hydrogens is 364 g/mol. The summed E-state index contributed by atoms with van der Waals surface area (Å²) in [5, 5.41) is 6.28. The average molecular weight is 390 g/mol. The first-order chi connectivity index (χ1) is 14.2. The van der Waals surface area contributed by atoms with Gasteiger partial charge in [0, 0.05) is 12.2 Å². The van der Waals surface area contributed by atoms with Crippen LogP contribution in [0.4, 0.5) is 11.4 Å². The minimum Gasteiger partial charge on any atom is -0.493 e. The lowest BCUT2D eigenvalue weighted by Gasteiger charge is -2.14. The van der Waals surface area contributed by atoms with E-state index in [1.807, 2.05) is 72.8 Å². The third-order valence-corrected chi connectivity index (χ3v) is 4.37. The molecule has 0 unspecified atom stereocenters. The first kappa shape index (κ1) is 20.3. The molecule has 0 fully saturated rings. The molecule has 1 amide bonds. The number of benzene rings is 3. The zero-order valence-electron chi connectivity index (χ0n) is 16.8. The van der Waals surface area contributed by atoms with Gasteiger partial charge in [0.2, 0.25) is 0 Å². The van der Waals surface area contributed by atoms with E-state index in [0.717, 1.165) is 23.4 Å². The molecule has 3 aromatic rings. The Balaban J connectivity index is 1.68. The maximum Gasteiger partial charge on any atom is 0.253 e. The summed E-state index contributed by atoms with van der Waals surface area (Å²) in [6.07, 6.45) is 0.928. The van der Waals surface area contributed by atoms with Gasteiger partial charge < -0.3 is 20.1 Å². The van der Waals surface area contributed by atoms with E-state index in [2.05, 4.69) is 17.6 Å². The second kappa shape index (κ2) is 10.2. The number of para-hydroxylation sites is 2. The van der Waals surface area contributed by atoms with Crippen molar-refractivity contribution < 1.29 is 14.3 Å². The lowest BCUT2D eigenvalue weighted by molar-refractivity contribution is 0.0951. The summed E-state index contributed by atoms with van der Waals surface area (Å²) in [5.41, 5.74) is 3.22. The molecule has 0 atom stereocenters. The Bertz CT molecular complexity index is 942. The number of anilines is 2. The van der Waals surface area contributed by atoms with Crippen LogP contribution in [0.2, 0.25) is 0 Å². The van der Waals surface area contributed by atoms with E-state index in [9.17, 15) is 4.79 Å². The summed E-state index contributed by atoms with van der Waals surface area (Å²) in [6.45, 7) is 3.08. The standard InChI is InChI=1S/C24H26N2O3/c1-3-15-29-22-14-13-18(16-23(22)28-2)17-25-24(27)20-11-7-8-12-21(20)26-19-9-5-4-6-10-19/h4-14,16,26H,3,15,17H2,1-2H3,(H,25,27). The third kappa shape index (κ3) is 5.51. The van der Waals surface area contributed by atoms with Crippen molar-refractivity contribution >= 4 is 17.3 Å². The molecule has 150 valence electrons. The first-order valence-corrected chi connectivity index (χ1v) is 9.70. The summed E-state index contributed by atoms with van der Waals surface area (Å²) in [7, 11) is 1.61. The van der Waals surface area contributed by atoms with Gasteiger partial charge in [-0.25, -0.2) is 0 Å². The fourth-order valence-electron chi connectivity index (χ4n) is 2.90. The van der Waals surface area contributed by atoms with E-state index >= 15 is 0 Å². The van der Waals surface area contributed by atoms with Gasteiger partial charge in [-0.2, -0.15) is 0 Å². The van der Waals surface area contributed by atoms with E-state index in [1.165, 1.54) is 0 Å². The Morgan fingerprint density at radius 1 is 0.931 bits per heavy atom. The van der Waals surface area contributed by atoms with Crippen LogP contribution < -0.4 is 20.1 Å². The Kier molecular flexibility index (Phi) is 7.11. The maximum atomic E-state index is 12.8. The topological polar surface area (TPSA) is 59.6 Å². The van der Waals surface area contributed by atoms with E-state index in [4.69, 9.17) is 9.47 Å². The highest BCUT2D eigenvalue weighted by Crippen LogP contribution is 2.28. The molecule has 0 saturated carbocycles. The Morgan fingerprint density at radius 3 is 2.45 bits per heavy atom. The molecule has 3 aromatic carbocycles. The first-order valence-electron chi connectivity index (χ1n) is 9.70. The normalized spacial score (nSPS) is 10.3. The molecule has 0 aliphatic carbocycles. The van der Waals surface area contributed by atoms with Crippen molar-refractivity contribution in [2.45, 2.75) is 19.9 Å². The second-order valence-corrected chi connectivity index (χ2v) is 6.55. The lowest BCUT2D eigenvalue weighted by Crippen LogP contribution is -2.23. The number of nitrogens with one attached hydrogen (secondary N) is 2. The molecular formula is C24H26N2O3. The van der Waals surface area contributed by atoms with Gasteiger partial charge in [-0.15, -0.1) is 0 Å². The summed E-state index contributed by atoms with van der Waals surface area (Å²) in [5.74, 6) is 1.23. The largest absolute Gasteiger partial charge is 0.493 e. The highest BCUT2D eigenvalue weighted by molar-refractivity contribution is 6.00. The number of ether oxygens (including phenoxy) is 2. The lowest BCUT2D eigenvalue weighted by atomic mass is 10.1. The molecule has 29 heavy (non-hydrogen) atoms. The molecule has 0 aliphatic rings. The van der Waals surface area contributed by atoms with Crippen molar-refractivity contribution in [2.24, 2.45) is 0 Å². The van der Waals surface area contributed by atoms with E-state index in [-0.39, 0.29) is 5.91 Å². The molecule has 0 radical (unpaired) electrons. The molecule has 3 rings (SSSR count). The van der Waals surface area contributed by atoms with Gasteiger partial charge in [-0.1, -0.05) is 43.3 Å². The average Bonchev–Trinajstić information content (AvgIpc) is 2.77. The maximum absolute atomic E-state index is 12.8. The number of hydrogen-bond donors (Lipinski definition) is 2. The van der Waals surface area contributed by atoms with Gasteiger partial charge in [0.1, 0.15) is 0 Å². The molecule has 0 saturated heterocycles. The van der Waals surface area contributed by atoms with Gasteiger partial charge in [0.15, 0.2) is 11.5 Å². The van der Waals surface area contributed by atoms with Crippen LogP contribution in [0.25, 0.3) is 0 Å². The van der Waals surface area contributed by atoms with Gasteiger partial charge in [-0.05, 0) is 48.4 Å². The zero-order valence-corrected chi connectivity index (χ0v) is 16.8. The highest BCUT2D eigenvalue weighted by Gasteiger charge is 2.12. The van der Waals surface area contributed by atoms with Crippen LogP contribution in [-0.4, -0.2) is 19.6 Å². The van der Waals surface area contributed by atoms with Crippen LogP contribution in [0.5, 0.6) is 11.5 Å². The molecule has 5 heteroatoms.